The molecule has 1 aliphatic rings. The van der Waals surface area contributed by atoms with E-state index in [1.807, 2.05) is 6.07 Å². The van der Waals surface area contributed by atoms with E-state index >= 15 is 0 Å². The third-order valence-electron chi connectivity index (χ3n) is 1.47. The summed E-state index contributed by atoms with van der Waals surface area (Å²) in [5.74, 6) is 0.186. The van der Waals surface area contributed by atoms with E-state index in [0.717, 1.165) is 5.69 Å². The molecule has 3 nitrogen and oxygen atoms in total. The minimum absolute atomic E-state index is 0.185. The first-order valence-corrected chi connectivity index (χ1v) is 3.83. The van der Waals surface area contributed by atoms with Crippen LogP contribution in [0.5, 0.6) is 0 Å². The fraction of sp³-hybridized carbons (Fsp3) is 0.167. The molecule has 0 amide bonds. The lowest BCUT2D eigenvalue weighted by Gasteiger charge is -2.09. The Morgan fingerprint density at radius 2 is 2.55 bits per heavy atom. The molecule has 1 aromatic rings. The van der Waals surface area contributed by atoms with Gasteiger partial charge in [-0.2, -0.15) is 4.39 Å². The van der Waals surface area contributed by atoms with E-state index in [9.17, 15) is 4.39 Å². The quantitative estimate of drug-likeness (QED) is 0.709. The average Bonchev–Trinajstić information content (AvgIpc) is 2.33. The van der Waals surface area contributed by atoms with Gasteiger partial charge in [-0.25, -0.2) is 4.99 Å². The Kier molecular flexibility index (Phi) is 1.45. The summed E-state index contributed by atoms with van der Waals surface area (Å²) < 4.78 is 14.2. The van der Waals surface area contributed by atoms with E-state index in [2.05, 4.69) is 26.5 Å². The average molecular weight is 218 g/mol. The Balaban J connectivity index is 2.55. The summed E-state index contributed by atoms with van der Waals surface area (Å²) in [6.07, 6.45) is 1.76. The normalized spacial score (nSPS) is 15.3. The van der Waals surface area contributed by atoms with Gasteiger partial charge < -0.3 is 5.32 Å². The van der Waals surface area contributed by atoms with Crippen molar-refractivity contribution in [3.8, 4) is 0 Å². The molecule has 0 aliphatic carbocycles. The highest BCUT2D eigenvalue weighted by molar-refractivity contribution is 9.08. The molecule has 0 saturated heterocycles. The summed E-state index contributed by atoms with van der Waals surface area (Å²) in [7, 11) is 0. The summed E-state index contributed by atoms with van der Waals surface area (Å²) >= 11 is 3.18. The van der Waals surface area contributed by atoms with E-state index in [0.29, 0.717) is 5.82 Å². The van der Waals surface area contributed by atoms with Gasteiger partial charge >= 0.3 is 0 Å². The number of hydrogen-bond acceptors (Lipinski definition) is 2. The first-order valence-electron chi connectivity index (χ1n) is 3.12. The predicted octanol–water partition coefficient (Wildman–Crippen LogP) is 2.07. The van der Waals surface area contributed by atoms with Crippen molar-refractivity contribution >= 4 is 33.6 Å². The van der Waals surface area contributed by atoms with Crippen molar-refractivity contribution < 1.29 is 4.39 Å². The van der Waals surface area contributed by atoms with Crippen LogP contribution < -0.4 is 5.32 Å². The summed E-state index contributed by atoms with van der Waals surface area (Å²) in [6, 6.07) is 1.83. The van der Waals surface area contributed by atoms with Gasteiger partial charge in [0.05, 0.1) is 28.4 Å². The van der Waals surface area contributed by atoms with Crippen LogP contribution in [0.4, 0.5) is 15.9 Å². The number of fused-ring (bicyclic) bond motifs is 1. The molecule has 5 heteroatoms. The highest BCUT2D eigenvalue weighted by atomic mass is 79.9. The molecule has 0 unspecified atom stereocenters. The van der Waals surface area contributed by atoms with Crippen LogP contribution >= 0.6 is 16.1 Å². The van der Waals surface area contributed by atoms with Gasteiger partial charge in [-0.1, -0.05) is 0 Å². The molecule has 0 saturated carbocycles. The molecule has 11 heavy (non-hydrogen) atoms. The maximum Gasteiger partial charge on any atom is 0.210 e. The van der Waals surface area contributed by atoms with Crippen LogP contribution in [0.2, 0.25) is 0 Å². The zero-order valence-electron chi connectivity index (χ0n) is 5.51. The predicted molar refractivity (Wildman–Crippen MR) is 45.4 cm³/mol. The molecule has 2 rings (SSSR count). The lowest BCUT2D eigenvalue weighted by molar-refractivity contribution is 0.783. The van der Waals surface area contributed by atoms with E-state index in [1.165, 1.54) is 0 Å². The van der Waals surface area contributed by atoms with Gasteiger partial charge in [-0.05, 0) is 6.07 Å². The van der Waals surface area contributed by atoms with Crippen LogP contribution in [-0.2, 0) is 0 Å². The van der Waals surface area contributed by atoms with Crippen LogP contribution in [0, 0.1) is 0 Å². The third kappa shape index (κ3) is 1.05. The first-order chi connectivity index (χ1) is 5.27. The molecule has 0 atom stereocenters. The minimum atomic E-state index is -0.392. The molecule has 0 aromatic carbocycles. The molecule has 0 bridgehead atoms. The van der Waals surface area contributed by atoms with Gasteiger partial charge in [0.15, 0.2) is 5.82 Å². The zero-order chi connectivity index (χ0) is 7.84. The van der Waals surface area contributed by atoms with Crippen LogP contribution in [0.15, 0.2) is 17.3 Å². The molecule has 0 spiro atoms. The van der Waals surface area contributed by atoms with Gasteiger partial charge in [-0.3, -0.25) is 3.59 Å². The fourth-order valence-electron chi connectivity index (χ4n) is 0.969. The second kappa shape index (κ2) is 2.34. The second-order valence-corrected chi connectivity index (χ2v) is 2.97. The van der Waals surface area contributed by atoms with Crippen LogP contribution in [0.1, 0.15) is 0 Å². The Hall–Kier alpha value is -0.840. The minimum Gasteiger partial charge on any atom is -0.374 e. The number of hydrogen-bond donors (Lipinski definition) is 1. The lowest BCUT2D eigenvalue weighted by Crippen LogP contribution is -2.12. The Morgan fingerprint density at radius 3 is 3.36 bits per heavy atom. The van der Waals surface area contributed by atoms with Crippen molar-refractivity contribution in [1.29, 1.82) is 0 Å². The largest absolute Gasteiger partial charge is 0.374 e. The van der Waals surface area contributed by atoms with Crippen molar-refractivity contribution in [2.75, 3.05) is 11.9 Å². The Labute approximate surface area is 71.3 Å². The van der Waals surface area contributed by atoms with Gasteiger partial charge in [0.2, 0.25) is 5.97 Å². The Morgan fingerprint density at radius 1 is 1.73 bits per heavy atom. The monoisotopic (exact) mass is 217 g/mol. The van der Waals surface area contributed by atoms with Crippen LogP contribution in [-0.4, -0.2) is 16.1 Å². The molecule has 2 heterocycles. The summed E-state index contributed by atoms with van der Waals surface area (Å²) in [4.78, 5) is 3.71. The number of nitrogens with zero attached hydrogens (tertiary/aromatic N) is 2. The number of halogens is 2. The topological polar surface area (TPSA) is 29.3 Å². The van der Waals surface area contributed by atoms with Crippen LogP contribution in [0.3, 0.4) is 0 Å². The first kappa shape index (κ1) is 6.84. The third-order valence-corrected chi connectivity index (χ3v) is 2.04. The van der Waals surface area contributed by atoms with E-state index < -0.39 is 5.97 Å². The van der Waals surface area contributed by atoms with Crippen molar-refractivity contribution in [2.45, 2.75) is 0 Å². The molecule has 58 valence electrons. The van der Waals surface area contributed by atoms with E-state index in [1.54, 1.807) is 9.79 Å². The summed E-state index contributed by atoms with van der Waals surface area (Å²) in [5.41, 5.74) is 0.850. The number of rotatable bonds is 0. The maximum absolute atomic E-state index is 12.6. The van der Waals surface area contributed by atoms with Gasteiger partial charge in [0.25, 0.3) is 0 Å². The van der Waals surface area contributed by atoms with Crippen molar-refractivity contribution in [3.63, 3.8) is 0 Å². The zero-order valence-corrected chi connectivity index (χ0v) is 7.10. The highest BCUT2D eigenvalue weighted by Crippen LogP contribution is 2.30. The molecular weight excluding hydrogens is 213 g/mol. The number of aromatic nitrogens is 1. The molecule has 0 radical (unpaired) electrons. The SMILES string of the molecule is FC1=Nc2c(ccn2Br)NC1. The maximum atomic E-state index is 12.6. The number of nitrogens with one attached hydrogen (secondary N) is 1. The molecular formula is C6H5BrFN3. The van der Waals surface area contributed by atoms with Crippen molar-refractivity contribution in [2.24, 2.45) is 4.99 Å². The smallest absolute Gasteiger partial charge is 0.210 e. The van der Waals surface area contributed by atoms with E-state index in [4.69, 9.17) is 0 Å². The molecule has 1 aromatic heterocycles. The molecule has 1 aliphatic heterocycles. The molecule has 0 fully saturated rings. The summed E-state index contributed by atoms with van der Waals surface area (Å²) in [5, 5.41) is 2.88. The van der Waals surface area contributed by atoms with Gasteiger partial charge in [0, 0.05) is 6.20 Å². The standard InChI is InChI=1S/C6H5BrFN3/c7-11-2-1-4-6(11)10-5(8)3-9-4/h1-2,9H,3H2. The van der Waals surface area contributed by atoms with Gasteiger partial charge in [0.1, 0.15) is 0 Å². The van der Waals surface area contributed by atoms with Crippen LogP contribution in [0.25, 0.3) is 0 Å². The van der Waals surface area contributed by atoms with E-state index in [-0.39, 0.29) is 6.54 Å². The fourth-order valence-corrected chi connectivity index (χ4v) is 1.36. The van der Waals surface area contributed by atoms with Gasteiger partial charge in [-0.15, -0.1) is 0 Å². The lowest BCUT2D eigenvalue weighted by atomic mass is 10.4. The summed E-state index contributed by atoms with van der Waals surface area (Å²) in [6.45, 7) is 0.185. The number of anilines is 1. The highest BCUT2D eigenvalue weighted by Gasteiger charge is 2.13. The number of aliphatic imine (C=N–C) groups is 1. The Bertz CT molecular complexity index is 318. The van der Waals surface area contributed by atoms with Crippen molar-refractivity contribution in [1.82, 2.24) is 3.59 Å². The second-order valence-electron chi connectivity index (χ2n) is 2.21. The molecule has 1 N–H and O–H groups in total. The van der Waals surface area contributed by atoms with Crippen molar-refractivity contribution in [3.05, 3.63) is 12.3 Å².